The van der Waals surface area contributed by atoms with Gasteiger partial charge >= 0.3 is 53.7 Å². The van der Waals surface area contributed by atoms with E-state index >= 15 is 0 Å². The van der Waals surface area contributed by atoms with Crippen molar-refractivity contribution in [3.05, 3.63) is 137 Å². The standard InChI is InChI=1S/C85H92N4O16/c1-37(2)77(90)98-69-17-18-70(99-78(91)38(3)4)54-26-46-45(25-53(54)69)61-33-63-47-27-55-56(72(101-80(93)40(7)8)20-19-71(55)100-79(92)39(5)6)28-48(47)65-35-67-51-31-59-60(76(105-84(97)44(15)16)24-23-75(59)104-83(96)43(13)14)32-52(51)68-36-66-50-30-58-57(73(102-81(94)41(9)10)21-22-74(58)103-82(95)42(11)12)29-49(50)64-34-62(46)86(61)85(87(63)65,88(64)66)89(67)68/h25-44,69-76H,17-24H2,1-16H3/q+2. The second kappa shape index (κ2) is 25.2. The van der Waals surface area contributed by atoms with E-state index in [1.165, 1.54) is 0 Å². The van der Waals surface area contributed by atoms with Gasteiger partial charge in [-0.2, -0.15) is 9.13 Å². The number of carbonyl (C=O) groups excluding carboxylic acids is 8. The number of fused-ring (bicyclic) bond motifs is 16. The quantitative estimate of drug-likeness (QED) is 0.0499. The molecule has 546 valence electrons. The average Bonchev–Trinajstić information content (AvgIpc) is 1.47. The van der Waals surface area contributed by atoms with Crippen molar-refractivity contribution in [2.75, 3.05) is 0 Å². The van der Waals surface area contributed by atoms with Gasteiger partial charge in [0, 0.05) is 90.4 Å². The topological polar surface area (TPSA) is 226 Å². The zero-order chi connectivity index (χ0) is 74.3. The van der Waals surface area contributed by atoms with Crippen LogP contribution in [0.15, 0.2) is 48.5 Å². The van der Waals surface area contributed by atoms with E-state index in [1.54, 1.807) is 0 Å². The molecule has 16 rings (SSSR count). The van der Waals surface area contributed by atoms with Crippen LogP contribution in [0.4, 0.5) is 0 Å². The fraction of sp³-hybridized carbons (Fsp3) is 0.482. The molecule has 0 fully saturated rings. The highest BCUT2D eigenvalue weighted by Gasteiger charge is 2.73. The Bertz CT molecular complexity index is 4880. The largest absolute Gasteiger partial charge is 0.553 e. The average molecular weight is 1430 g/mol. The van der Waals surface area contributed by atoms with Crippen LogP contribution in [-0.2, 0) is 82.2 Å². The minimum absolute atomic E-state index is 0.364. The molecule has 8 unspecified atom stereocenters. The maximum Gasteiger partial charge on any atom is 0.553 e. The third-order valence-electron chi connectivity index (χ3n) is 22.7. The Morgan fingerprint density at radius 1 is 0.295 bits per heavy atom. The third kappa shape index (κ3) is 10.7. The molecule has 20 nitrogen and oxygen atoms in total. The maximum atomic E-state index is 13.9. The van der Waals surface area contributed by atoms with Crippen LogP contribution in [0.25, 0.3) is 57.2 Å². The highest BCUT2D eigenvalue weighted by Crippen LogP contribution is 2.58. The Morgan fingerprint density at radius 2 is 0.505 bits per heavy atom. The summed E-state index contributed by atoms with van der Waals surface area (Å²) in [5.41, 5.74) is 13.7. The minimum atomic E-state index is -1.53. The van der Waals surface area contributed by atoms with Gasteiger partial charge in [0.25, 0.3) is 0 Å². The number of hydrogen-bond donors (Lipinski definition) is 0. The Hall–Kier alpha value is -9.72. The van der Waals surface area contributed by atoms with Crippen molar-refractivity contribution in [2.24, 2.45) is 47.3 Å². The van der Waals surface area contributed by atoms with Crippen molar-refractivity contribution in [1.82, 2.24) is 9.13 Å². The van der Waals surface area contributed by atoms with Crippen LogP contribution in [0.5, 0.6) is 0 Å². The molecule has 2 aromatic heterocycles. The van der Waals surface area contributed by atoms with E-state index < -0.39 is 102 Å². The molecule has 0 bridgehead atoms. The van der Waals surface area contributed by atoms with Crippen LogP contribution in [0.3, 0.4) is 0 Å². The van der Waals surface area contributed by atoms with Gasteiger partial charge in [-0.3, -0.25) is 38.4 Å². The molecular weight excluding hydrogens is 1330 g/mol. The predicted molar refractivity (Wildman–Crippen MR) is 389 cm³/mol. The first-order valence-corrected chi connectivity index (χ1v) is 37.9. The summed E-state index contributed by atoms with van der Waals surface area (Å²) in [5.74, 6) is -7.94. The fourth-order valence-corrected chi connectivity index (χ4v) is 17.1. The number of nitrogens with zero attached hydrogens (tertiary/aromatic N) is 4. The summed E-state index contributed by atoms with van der Waals surface area (Å²) in [6, 6.07) is 17.0. The van der Waals surface area contributed by atoms with Crippen LogP contribution in [0.2, 0.25) is 0 Å². The molecule has 0 N–H and O–H groups in total. The van der Waals surface area contributed by atoms with Gasteiger partial charge < -0.3 is 37.9 Å². The lowest BCUT2D eigenvalue weighted by Gasteiger charge is -2.37. The van der Waals surface area contributed by atoms with E-state index in [4.69, 9.17) is 37.9 Å². The second-order valence-electron chi connectivity index (χ2n) is 32.7. The second-order valence-corrected chi connectivity index (χ2v) is 32.7. The van der Waals surface area contributed by atoms with Crippen LogP contribution < -0.4 is 10.7 Å². The molecule has 4 aliphatic carbocycles. The van der Waals surface area contributed by atoms with Crippen molar-refractivity contribution < 1.29 is 85.4 Å². The van der Waals surface area contributed by atoms with Gasteiger partial charge in [0.1, 0.15) is 48.8 Å². The molecule has 1 spiro atoms. The number of hydrogen-bond acceptors (Lipinski definition) is 16. The molecule has 0 radical (unpaired) electrons. The molecule has 20 heteroatoms. The number of benzene rings is 4. The zero-order valence-corrected chi connectivity index (χ0v) is 62.6. The molecule has 8 atom stereocenters. The first-order chi connectivity index (χ1) is 49.9. The van der Waals surface area contributed by atoms with Crippen LogP contribution in [0.1, 0.15) is 289 Å². The van der Waals surface area contributed by atoms with Crippen molar-refractivity contribution >= 4 is 116 Å². The van der Waals surface area contributed by atoms with E-state index in [2.05, 4.69) is 91.1 Å². The van der Waals surface area contributed by atoms with E-state index in [1.807, 2.05) is 111 Å². The Morgan fingerprint density at radius 3 is 0.733 bits per heavy atom. The van der Waals surface area contributed by atoms with Gasteiger partial charge in [-0.05, 0) is 99.9 Å². The molecule has 10 aliphatic rings. The predicted octanol–water partition coefficient (Wildman–Crippen LogP) is 14.1. The van der Waals surface area contributed by atoms with E-state index in [-0.39, 0.29) is 47.8 Å². The lowest BCUT2D eigenvalue weighted by Crippen LogP contribution is -2.69. The summed E-state index contributed by atoms with van der Waals surface area (Å²) >= 11 is 0. The van der Waals surface area contributed by atoms with Crippen molar-refractivity contribution in [2.45, 2.75) is 217 Å². The molecule has 0 saturated carbocycles. The molecule has 8 heterocycles. The van der Waals surface area contributed by atoms with Crippen LogP contribution in [0, 0.1) is 47.3 Å². The minimum Gasteiger partial charge on any atom is -0.457 e. The highest BCUT2D eigenvalue weighted by atomic mass is 16.6. The van der Waals surface area contributed by atoms with Gasteiger partial charge in [-0.25, -0.2) is 0 Å². The molecule has 6 aromatic rings. The molecular formula is C85H92N4O16+2. The highest BCUT2D eigenvalue weighted by molar-refractivity contribution is 6.27. The van der Waals surface area contributed by atoms with Crippen molar-refractivity contribution in [1.29, 1.82) is 0 Å². The Kier molecular flexibility index (Phi) is 16.7. The smallest absolute Gasteiger partial charge is 0.457 e. The van der Waals surface area contributed by atoms with E-state index in [9.17, 15) is 38.4 Å². The van der Waals surface area contributed by atoms with Crippen molar-refractivity contribution in [3.63, 3.8) is 0 Å². The maximum absolute atomic E-state index is 13.9. The monoisotopic (exact) mass is 1420 g/mol. The number of rotatable bonds is 16. The molecule has 4 aromatic carbocycles. The summed E-state index contributed by atoms with van der Waals surface area (Å²) < 4.78 is 61.5. The van der Waals surface area contributed by atoms with Gasteiger partial charge in [0.15, 0.2) is 0 Å². The normalized spacial score (nSPS) is 23.6. The van der Waals surface area contributed by atoms with Gasteiger partial charge in [0.2, 0.25) is 22.8 Å². The van der Waals surface area contributed by atoms with Gasteiger partial charge in [0.05, 0.1) is 91.7 Å². The Balaban J connectivity index is 1.07. The number of carbonyl (C=O) groups is 8. The van der Waals surface area contributed by atoms with E-state index in [0.717, 1.165) is 88.7 Å². The summed E-state index contributed by atoms with van der Waals surface area (Å²) in [4.78, 5) is 112. The lowest BCUT2D eigenvalue weighted by molar-refractivity contribution is -0.805. The molecule has 0 saturated heterocycles. The number of ether oxygens (including phenoxy) is 8. The summed E-state index contributed by atoms with van der Waals surface area (Å²) in [6.07, 6.45) is 6.32. The lowest BCUT2D eigenvalue weighted by atomic mass is 9.83. The third-order valence-corrected chi connectivity index (χ3v) is 22.7. The summed E-state index contributed by atoms with van der Waals surface area (Å²) in [6.45, 7) is 29.0. The fourth-order valence-electron chi connectivity index (χ4n) is 17.1. The SMILES string of the molecule is CC(C)C(=O)OC1CCC(OC(=O)C(C)C)c2cc3c(cc21)C1=Cc2c4cc5c(cc4c4n2C26n7c(c8cc9c(cc8c7=CC7=[N+]2C(=C4)c2cc4c(cc27)C(OC(=O)C(C)C)CCC4OC(=O)C(C)C)C(OC(=O)C(C)C)CCC9OC(=O)C(C)C)=CC3=[N+]16)C(OC(=O)C(C)C)CCC5OC(=O)C(C)C. The van der Waals surface area contributed by atoms with Crippen LogP contribution >= 0.6 is 0 Å². The molecule has 6 aliphatic heterocycles. The zero-order valence-electron chi connectivity index (χ0n) is 62.6. The molecule has 105 heavy (non-hydrogen) atoms. The van der Waals surface area contributed by atoms with Gasteiger partial charge in [-0.15, -0.1) is 0 Å². The van der Waals surface area contributed by atoms with Crippen LogP contribution in [-0.4, -0.2) is 77.5 Å². The first kappa shape index (κ1) is 69.6. The molecule has 0 amide bonds. The first-order valence-electron chi connectivity index (χ1n) is 37.9. The van der Waals surface area contributed by atoms with Gasteiger partial charge in [-0.1, -0.05) is 120 Å². The summed E-state index contributed by atoms with van der Waals surface area (Å²) in [7, 11) is 0. The number of aromatic nitrogens is 2. The van der Waals surface area contributed by atoms with Crippen molar-refractivity contribution in [3.8, 4) is 0 Å². The van der Waals surface area contributed by atoms with E-state index in [0.29, 0.717) is 95.9 Å². The number of esters is 8. The Labute approximate surface area is 609 Å². The summed E-state index contributed by atoms with van der Waals surface area (Å²) in [5, 5.41) is 4.82.